The average Bonchev–Trinajstić information content (AvgIpc) is 3.25. The molecule has 0 aromatic carbocycles. The van der Waals surface area contributed by atoms with Gasteiger partial charge in [0.05, 0.1) is 22.8 Å². The van der Waals surface area contributed by atoms with Gasteiger partial charge in [-0.05, 0) is 64.6 Å². The fourth-order valence-electron chi connectivity index (χ4n) is 5.30. The van der Waals surface area contributed by atoms with Gasteiger partial charge in [0.15, 0.2) is 5.82 Å². The second kappa shape index (κ2) is 10.2. The number of alkyl halides is 3. The van der Waals surface area contributed by atoms with Gasteiger partial charge in [0, 0.05) is 36.3 Å². The van der Waals surface area contributed by atoms with E-state index in [1.807, 2.05) is 19.2 Å². The van der Waals surface area contributed by atoms with Crippen molar-refractivity contribution in [3.63, 3.8) is 0 Å². The van der Waals surface area contributed by atoms with Crippen molar-refractivity contribution in [3.05, 3.63) is 41.6 Å². The monoisotopic (exact) mass is 506 g/mol. The standard InChI is InChI=1S/C25H30F4N6O/c1-2-31-21-13-20-18(14-33-21)23(15-7-10-30-11-8-15)34-35(20)16-3-5-17(6-4-16)36-24-22(26)19(9-12-32-24)25(27,28)29/h9,12-17,30H,2-8,10-11H2,1H3,(H,31,33). The lowest BCUT2D eigenvalue weighted by atomic mass is 9.92. The Morgan fingerprint density at radius 3 is 2.56 bits per heavy atom. The molecule has 2 aliphatic rings. The Morgan fingerprint density at radius 2 is 1.86 bits per heavy atom. The SMILES string of the molecule is CCNc1cc2c(cn1)c(C1CCNCC1)nn2C1CCC(Oc2nccc(C(F)(F)F)c2F)CC1. The summed E-state index contributed by atoms with van der Waals surface area (Å²) in [5.41, 5.74) is 0.750. The van der Waals surface area contributed by atoms with Crippen LogP contribution in [0.25, 0.3) is 10.9 Å². The Kier molecular flexibility index (Phi) is 7.00. The number of hydrogen-bond donors (Lipinski definition) is 2. The largest absolute Gasteiger partial charge is 0.472 e. The highest BCUT2D eigenvalue weighted by Gasteiger charge is 2.36. The molecule has 11 heteroatoms. The summed E-state index contributed by atoms with van der Waals surface area (Å²) < 4.78 is 61.2. The number of rotatable bonds is 6. The van der Waals surface area contributed by atoms with E-state index in [1.165, 1.54) is 0 Å². The number of piperidine rings is 1. The van der Waals surface area contributed by atoms with Gasteiger partial charge in [-0.2, -0.15) is 18.3 Å². The van der Waals surface area contributed by atoms with Crippen LogP contribution in [0.15, 0.2) is 24.5 Å². The second-order valence-electron chi connectivity index (χ2n) is 9.49. The molecule has 1 saturated carbocycles. The van der Waals surface area contributed by atoms with E-state index in [-0.39, 0.29) is 6.04 Å². The first kappa shape index (κ1) is 24.7. The zero-order chi connectivity index (χ0) is 25.3. The van der Waals surface area contributed by atoms with Gasteiger partial charge in [-0.25, -0.2) is 14.4 Å². The summed E-state index contributed by atoms with van der Waals surface area (Å²) in [5.74, 6) is -0.879. The molecule has 2 N–H and O–H groups in total. The maximum Gasteiger partial charge on any atom is 0.419 e. The normalized spacial score (nSPS) is 21.6. The first-order chi connectivity index (χ1) is 17.3. The van der Waals surface area contributed by atoms with E-state index in [0.29, 0.717) is 37.7 Å². The van der Waals surface area contributed by atoms with Gasteiger partial charge in [0.25, 0.3) is 5.88 Å². The summed E-state index contributed by atoms with van der Waals surface area (Å²) in [4.78, 5) is 8.29. The number of ether oxygens (including phenoxy) is 1. The molecule has 1 saturated heterocycles. The van der Waals surface area contributed by atoms with E-state index in [1.54, 1.807) is 0 Å². The van der Waals surface area contributed by atoms with Gasteiger partial charge < -0.3 is 15.4 Å². The van der Waals surface area contributed by atoms with Crippen molar-refractivity contribution in [2.45, 2.75) is 69.7 Å². The van der Waals surface area contributed by atoms with Gasteiger partial charge in [-0.1, -0.05) is 0 Å². The van der Waals surface area contributed by atoms with Crippen molar-refractivity contribution >= 4 is 16.7 Å². The smallest absolute Gasteiger partial charge is 0.419 e. The molecule has 3 aromatic heterocycles. The minimum absolute atomic E-state index is 0.110. The van der Waals surface area contributed by atoms with Crippen LogP contribution >= 0.6 is 0 Å². The Balaban J connectivity index is 1.35. The maximum atomic E-state index is 14.4. The van der Waals surface area contributed by atoms with E-state index in [2.05, 4.69) is 25.3 Å². The second-order valence-corrected chi connectivity index (χ2v) is 9.49. The van der Waals surface area contributed by atoms with Crippen molar-refractivity contribution in [3.8, 4) is 5.88 Å². The fraction of sp³-hybridized carbons (Fsp3) is 0.560. The minimum atomic E-state index is -4.80. The van der Waals surface area contributed by atoms with Crippen molar-refractivity contribution in [2.75, 3.05) is 25.0 Å². The van der Waals surface area contributed by atoms with Crippen molar-refractivity contribution in [1.29, 1.82) is 0 Å². The highest BCUT2D eigenvalue weighted by atomic mass is 19.4. The minimum Gasteiger partial charge on any atom is -0.472 e. The van der Waals surface area contributed by atoms with Crippen LogP contribution < -0.4 is 15.4 Å². The van der Waals surface area contributed by atoms with Crippen molar-refractivity contribution < 1.29 is 22.3 Å². The van der Waals surface area contributed by atoms with E-state index < -0.39 is 29.5 Å². The van der Waals surface area contributed by atoms with Gasteiger partial charge in [0.1, 0.15) is 11.9 Å². The predicted molar refractivity (Wildman–Crippen MR) is 128 cm³/mol. The third-order valence-corrected chi connectivity index (χ3v) is 7.13. The van der Waals surface area contributed by atoms with E-state index in [4.69, 9.17) is 9.84 Å². The fourth-order valence-corrected chi connectivity index (χ4v) is 5.30. The molecule has 1 aliphatic carbocycles. The van der Waals surface area contributed by atoms with Gasteiger partial charge in [-0.15, -0.1) is 0 Å². The molecule has 0 unspecified atom stereocenters. The third-order valence-electron chi connectivity index (χ3n) is 7.13. The van der Waals surface area contributed by atoms with Crippen LogP contribution in [0.4, 0.5) is 23.4 Å². The molecule has 0 bridgehead atoms. The summed E-state index contributed by atoms with van der Waals surface area (Å²) in [6.07, 6.45) is 2.25. The highest BCUT2D eigenvalue weighted by Crippen LogP contribution is 2.38. The molecule has 0 atom stereocenters. The summed E-state index contributed by atoms with van der Waals surface area (Å²) in [5, 5.41) is 12.8. The lowest BCUT2D eigenvalue weighted by Crippen LogP contribution is -2.28. The number of fused-ring (bicyclic) bond motifs is 1. The molecule has 194 valence electrons. The summed E-state index contributed by atoms with van der Waals surface area (Å²) in [6.45, 7) is 4.71. The number of nitrogens with zero attached hydrogens (tertiary/aromatic N) is 4. The number of halogens is 4. The quantitative estimate of drug-likeness (QED) is 0.434. The van der Waals surface area contributed by atoms with Crippen molar-refractivity contribution in [2.24, 2.45) is 0 Å². The van der Waals surface area contributed by atoms with Crippen LogP contribution in [0.3, 0.4) is 0 Å². The Hall–Kier alpha value is -2.95. The van der Waals surface area contributed by atoms with E-state index >= 15 is 0 Å². The first-order valence-electron chi connectivity index (χ1n) is 12.6. The maximum absolute atomic E-state index is 14.4. The lowest BCUT2D eigenvalue weighted by molar-refractivity contribution is -0.140. The van der Waals surface area contributed by atoms with E-state index in [0.717, 1.165) is 61.1 Å². The molecular formula is C25H30F4N6O. The molecule has 7 nitrogen and oxygen atoms in total. The van der Waals surface area contributed by atoms with Crippen molar-refractivity contribution in [1.82, 2.24) is 25.1 Å². The number of hydrogen-bond acceptors (Lipinski definition) is 6. The van der Waals surface area contributed by atoms with Crippen LogP contribution in [0.5, 0.6) is 5.88 Å². The zero-order valence-corrected chi connectivity index (χ0v) is 20.1. The summed E-state index contributed by atoms with van der Waals surface area (Å²) >= 11 is 0. The number of nitrogens with one attached hydrogen (secondary N) is 2. The van der Waals surface area contributed by atoms with Crippen LogP contribution in [-0.2, 0) is 6.18 Å². The molecule has 36 heavy (non-hydrogen) atoms. The van der Waals surface area contributed by atoms with Gasteiger partial charge in [-0.3, -0.25) is 4.68 Å². The molecule has 3 aromatic rings. The van der Waals surface area contributed by atoms with Crippen LogP contribution in [-0.4, -0.2) is 45.5 Å². The molecule has 0 radical (unpaired) electrons. The Bertz CT molecular complexity index is 1200. The average molecular weight is 507 g/mol. The molecule has 2 fully saturated rings. The number of anilines is 1. The first-order valence-corrected chi connectivity index (χ1v) is 12.6. The summed E-state index contributed by atoms with van der Waals surface area (Å²) in [6, 6.07) is 2.78. The summed E-state index contributed by atoms with van der Waals surface area (Å²) in [7, 11) is 0. The van der Waals surface area contributed by atoms with Crippen LogP contribution in [0, 0.1) is 5.82 Å². The van der Waals surface area contributed by atoms with E-state index in [9.17, 15) is 17.6 Å². The highest BCUT2D eigenvalue weighted by molar-refractivity contribution is 5.84. The Morgan fingerprint density at radius 1 is 1.11 bits per heavy atom. The van der Waals surface area contributed by atoms with Crippen LogP contribution in [0.1, 0.15) is 68.7 Å². The zero-order valence-electron chi connectivity index (χ0n) is 20.1. The van der Waals surface area contributed by atoms with Gasteiger partial charge in [0.2, 0.25) is 0 Å². The molecule has 5 rings (SSSR count). The topological polar surface area (TPSA) is 76.9 Å². The molecule has 0 spiro atoms. The number of aromatic nitrogens is 4. The predicted octanol–water partition coefficient (Wildman–Crippen LogP) is 5.45. The van der Waals surface area contributed by atoms with Crippen LogP contribution in [0.2, 0.25) is 0 Å². The molecule has 0 amide bonds. The van der Waals surface area contributed by atoms with Gasteiger partial charge >= 0.3 is 6.18 Å². The molecule has 4 heterocycles. The molecular weight excluding hydrogens is 476 g/mol. The number of pyridine rings is 2. The lowest BCUT2D eigenvalue weighted by Gasteiger charge is -2.29. The molecule has 1 aliphatic heterocycles. The third kappa shape index (κ3) is 4.98. The Labute approximate surface area is 206 Å².